The summed E-state index contributed by atoms with van der Waals surface area (Å²) in [7, 11) is 0. The Balaban J connectivity index is 1.66. The first-order valence-corrected chi connectivity index (χ1v) is 10.8. The van der Waals surface area contributed by atoms with Crippen LogP contribution >= 0.6 is 11.6 Å². The van der Waals surface area contributed by atoms with Gasteiger partial charge in [0.15, 0.2) is 0 Å². The minimum Gasteiger partial charge on any atom is -0.406 e. The topological polar surface area (TPSA) is 59.1 Å². The van der Waals surface area contributed by atoms with Crippen molar-refractivity contribution in [3.05, 3.63) is 59.6 Å². The van der Waals surface area contributed by atoms with Crippen molar-refractivity contribution in [3.63, 3.8) is 0 Å². The number of halogens is 4. The second-order valence-corrected chi connectivity index (χ2v) is 8.09. The first-order chi connectivity index (χ1) is 15.3. The van der Waals surface area contributed by atoms with Crippen molar-refractivity contribution < 1.29 is 17.9 Å². The number of hydrogen-bond donors (Lipinski definition) is 2. The number of nitrogens with zero attached hydrogens (tertiary/aromatic N) is 2. The molecule has 5 nitrogen and oxygen atoms in total. The molecular weight excluding hydrogens is 441 g/mol. The predicted octanol–water partition coefficient (Wildman–Crippen LogP) is 7.18. The van der Waals surface area contributed by atoms with Gasteiger partial charge in [-0.2, -0.15) is 4.98 Å². The Morgan fingerprint density at radius 1 is 0.938 bits per heavy atom. The molecule has 168 valence electrons. The number of benzene rings is 2. The smallest absolute Gasteiger partial charge is 0.406 e. The standard InChI is InChI=1S/C23H22ClF3N4O/c24-16-9-11-18(12-10-16)28-21-14-20(15-5-4-8-19(13-15)32-23(25,26)27)30-22(31-21)29-17-6-2-1-3-7-17/h4-5,8-14,17H,1-3,6-7H2,(H2,28,29,30,31). The Morgan fingerprint density at radius 2 is 1.69 bits per heavy atom. The van der Waals surface area contributed by atoms with Crippen LogP contribution in [-0.4, -0.2) is 22.4 Å². The summed E-state index contributed by atoms with van der Waals surface area (Å²) >= 11 is 5.96. The third-order valence-corrected chi connectivity index (χ3v) is 5.40. The number of ether oxygens (including phenoxy) is 1. The summed E-state index contributed by atoms with van der Waals surface area (Å²) in [6.07, 6.45) is 0.798. The molecule has 1 fully saturated rings. The fraction of sp³-hybridized carbons (Fsp3) is 0.304. The number of anilines is 3. The van der Waals surface area contributed by atoms with Crippen LogP contribution in [0, 0.1) is 0 Å². The Bertz CT molecular complexity index is 1050. The van der Waals surface area contributed by atoms with E-state index >= 15 is 0 Å². The monoisotopic (exact) mass is 462 g/mol. The van der Waals surface area contributed by atoms with E-state index in [1.807, 2.05) is 12.1 Å². The van der Waals surface area contributed by atoms with Gasteiger partial charge in [0.1, 0.15) is 11.6 Å². The van der Waals surface area contributed by atoms with E-state index in [-0.39, 0.29) is 11.8 Å². The third kappa shape index (κ3) is 6.26. The molecule has 1 aliphatic rings. The average molecular weight is 463 g/mol. The van der Waals surface area contributed by atoms with E-state index in [2.05, 4.69) is 25.3 Å². The second-order valence-electron chi connectivity index (χ2n) is 7.65. The maximum Gasteiger partial charge on any atom is 0.573 e. The van der Waals surface area contributed by atoms with Gasteiger partial charge in [0, 0.05) is 28.4 Å². The molecular formula is C23H22ClF3N4O. The van der Waals surface area contributed by atoms with E-state index in [4.69, 9.17) is 11.6 Å². The van der Waals surface area contributed by atoms with E-state index in [0.717, 1.165) is 31.4 Å². The molecule has 9 heteroatoms. The van der Waals surface area contributed by atoms with E-state index in [1.165, 1.54) is 24.6 Å². The van der Waals surface area contributed by atoms with Crippen molar-refractivity contribution in [2.45, 2.75) is 44.5 Å². The quantitative estimate of drug-likeness (QED) is 0.406. The minimum absolute atomic E-state index is 0.266. The number of rotatable bonds is 6. The van der Waals surface area contributed by atoms with E-state index in [9.17, 15) is 13.2 Å². The van der Waals surface area contributed by atoms with Gasteiger partial charge in [-0.05, 0) is 49.2 Å². The highest BCUT2D eigenvalue weighted by atomic mass is 35.5. The molecule has 3 aromatic rings. The molecule has 2 aromatic carbocycles. The van der Waals surface area contributed by atoms with Crippen LogP contribution in [0.1, 0.15) is 32.1 Å². The van der Waals surface area contributed by atoms with Gasteiger partial charge in [-0.25, -0.2) is 4.98 Å². The molecule has 1 heterocycles. The van der Waals surface area contributed by atoms with Crippen molar-refractivity contribution in [2.75, 3.05) is 10.6 Å². The van der Waals surface area contributed by atoms with Crippen LogP contribution in [0.25, 0.3) is 11.3 Å². The first-order valence-electron chi connectivity index (χ1n) is 10.4. The van der Waals surface area contributed by atoms with Gasteiger partial charge in [-0.1, -0.05) is 43.0 Å². The van der Waals surface area contributed by atoms with Gasteiger partial charge < -0.3 is 15.4 Å². The first kappa shape index (κ1) is 22.2. The maximum absolute atomic E-state index is 12.7. The lowest BCUT2D eigenvalue weighted by Crippen LogP contribution is -2.23. The van der Waals surface area contributed by atoms with Crippen LogP contribution in [0.15, 0.2) is 54.6 Å². The lowest BCUT2D eigenvalue weighted by molar-refractivity contribution is -0.274. The highest BCUT2D eigenvalue weighted by Crippen LogP contribution is 2.30. The highest BCUT2D eigenvalue weighted by Gasteiger charge is 2.31. The van der Waals surface area contributed by atoms with Crippen LogP contribution in [0.4, 0.5) is 30.6 Å². The molecule has 0 amide bonds. The van der Waals surface area contributed by atoms with Crippen LogP contribution < -0.4 is 15.4 Å². The molecule has 2 N–H and O–H groups in total. The molecule has 1 saturated carbocycles. The summed E-state index contributed by atoms with van der Waals surface area (Å²) in [6, 6.07) is 14.8. The number of aromatic nitrogens is 2. The summed E-state index contributed by atoms with van der Waals surface area (Å²) in [4.78, 5) is 9.15. The van der Waals surface area contributed by atoms with Crippen molar-refractivity contribution in [2.24, 2.45) is 0 Å². The van der Waals surface area contributed by atoms with Gasteiger partial charge in [-0.15, -0.1) is 13.2 Å². The van der Waals surface area contributed by atoms with E-state index in [0.29, 0.717) is 28.0 Å². The Kier molecular flexibility index (Phi) is 6.69. The predicted molar refractivity (Wildman–Crippen MR) is 119 cm³/mol. The largest absolute Gasteiger partial charge is 0.573 e. The Labute approximate surface area is 189 Å². The van der Waals surface area contributed by atoms with Crippen molar-refractivity contribution in [3.8, 4) is 17.0 Å². The summed E-state index contributed by atoms with van der Waals surface area (Å²) in [6.45, 7) is 0. The number of alkyl halides is 3. The molecule has 32 heavy (non-hydrogen) atoms. The molecule has 0 bridgehead atoms. The van der Waals surface area contributed by atoms with E-state index < -0.39 is 6.36 Å². The van der Waals surface area contributed by atoms with Crippen LogP contribution in [-0.2, 0) is 0 Å². The third-order valence-electron chi connectivity index (χ3n) is 5.14. The zero-order valence-corrected chi connectivity index (χ0v) is 17.9. The summed E-state index contributed by atoms with van der Waals surface area (Å²) < 4.78 is 42.0. The molecule has 1 aromatic heterocycles. The van der Waals surface area contributed by atoms with Gasteiger partial charge in [0.2, 0.25) is 5.95 Å². The molecule has 0 saturated heterocycles. The number of nitrogens with one attached hydrogen (secondary N) is 2. The molecule has 0 spiro atoms. The molecule has 0 aliphatic heterocycles. The van der Waals surface area contributed by atoms with E-state index in [1.54, 1.807) is 24.3 Å². The van der Waals surface area contributed by atoms with Gasteiger partial charge in [-0.3, -0.25) is 0 Å². The van der Waals surface area contributed by atoms with Gasteiger partial charge in [0.05, 0.1) is 5.69 Å². The molecule has 0 atom stereocenters. The highest BCUT2D eigenvalue weighted by molar-refractivity contribution is 6.30. The number of hydrogen-bond acceptors (Lipinski definition) is 5. The SMILES string of the molecule is FC(F)(F)Oc1cccc(-c2cc(Nc3ccc(Cl)cc3)nc(NC3CCCCC3)n2)c1. The van der Waals surface area contributed by atoms with Crippen LogP contribution in [0.3, 0.4) is 0 Å². The van der Waals surface area contributed by atoms with Crippen molar-refractivity contribution in [1.82, 2.24) is 9.97 Å². The van der Waals surface area contributed by atoms with Crippen LogP contribution in [0.2, 0.25) is 5.02 Å². The summed E-state index contributed by atoms with van der Waals surface area (Å²) in [5.41, 5.74) is 1.74. The molecule has 1 aliphatic carbocycles. The van der Waals surface area contributed by atoms with Crippen molar-refractivity contribution in [1.29, 1.82) is 0 Å². The minimum atomic E-state index is -4.76. The normalized spacial score (nSPS) is 14.8. The van der Waals surface area contributed by atoms with Crippen LogP contribution in [0.5, 0.6) is 5.75 Å². The lowest BCUT2D eigenvalue weighted by Gasteiger charge is -2.23. The second kappa shape index (κ2) is 9.65. The average Bonchev–Trinajstić information content (AvgIpc) is 2.75. The summed E-state index contributed by atoms with van der Waals surface area (Å²) in [5.74, 6) is 0.633. The Morgan fingerprint density at radius 3 is 2.41 bits per heavy atom. The summed E-state index contributed by atoms with van der Waals surface area (Å²) in [5, 5.41) is 7.21. The molecule has 0 unspecified atom stereocenters. The maximum atomic E-state index is 12.7. The molecule has 4 rings (SSSR count). The van der Waals surface area contributed by atoms with Gasteiger partial charge in [0.25, 0.3) is 0 Å². The zero-order valence-electron chi connectivity index (χ0n) is 17.1. The fourth-order valence-electron chi connectivity index (χ4n) is 3.69. The van der Waals surface area contributed by atoms with Crippen molar-refractivity contribution >= 4 is 29.1 Å². The fourth-order valence-corrected chi connectivity index (χ4v) is 3.81. The zero-order chi connectivity index (χ0) is 22.6. The molecule has 0 radical (unpaired) electrons. The Hall–Kier alpha value is -3.00. The lowest BCUT2D eigenvalue weighted by atomic mass is 9.96. The van der Waals surface area contributed by atoms with Gasteiger partial charge >= 0.3 is 6.36 Å².